The number of nitrogens with zero attached hydrogens (tertiary/aromatic N) is 3. The number of thiazole rings is 2. The Hall–Kier alpha value is -4.00. The van der Waals surface area contributed by atoms with Crippen molar-refractivity contribution in [1.82, 2.24) is 9.55 Å². The summed E-state index contributed by atoms with van der Waals surface area (Å²) < 4.78 is 3.68. The molecule has 4 nitrogen and oxygen atoms in total. The first-order chi connectivity index (χ1) is 20.2. The highest BCUT2D eigenvalue weighted by molar-refractivity contribution is 7.16. The number of rotatable bonds is 8. The van der Waals surface area contributed by atoms with Crippen LogP contribution in [-0.2, 0) is 6.54 Å². The van der Waals surface area contributed by atoms with Crippen LogP contribution in [0.1, 0.15) is 43.2 Å². The van der Waals surface area contributed by atoms with E-state index in [2.05, 4.69) is 104 Å². The van der Waals surface area contributed by atoms with Gasteiger partial charge in [-0.3, -0.25) is 9.36 Å². The van der Waals surface area contributed by atoms with Crippen molar-refractivity contribution in [3.63, 3.8) is 0 Å². The fourth-order valence-corrected chi connectivity index (χ4v) is 7.53. The van der Waals surface area contributed by atoms with Crippen LogP contribution in [0.15, 0.2) is 102 Å². The molecule has 3 aromatic carbocycles. The van der Waals surface area contributed by atoms with Gasteiger partial charge in [0.25, 0.3) is 5.56 Å². The van der Waals surface area contributed by atoms with Gasteiger partial charge >= 0.3 is 0 Å². The molecule has 0 radical (unpaired) electrons. The Morgan fingerprint density at radius 1 is 0.878 bits per heavy atom. The van der Waals surface area contributed by atoms with E-state index >= 15 is 0 Å². The molecule has 0 saturated carbocycles. The summed E-state index contributed by atoms with van der Waals surface area (Å²) in [5.41, 5.74) is 5.88. The Morgan fingerprint density at radius 3 is 2.32 bits per heavy atom. The second-order valence-electron chi connectivity index (χ2n) is 10.1. The number of benzene rings is 3. The molecule has 3 heterocycles. The molecule has 6 rings (SSSR count). The fourth-order valence-electron chi connectivity index (χ4n) is 5.37. The molecule has 206 valence electrons. The maximum Gasteiger partial charge on any atom is 0.268 e. The van der Waals surface area contributed by atoms with Gasteiger partial charge in [0.15, 0.2) is 0 Å². The van der Waals surface area contributed by atoms with Gasteiger partial charge < -0.3 is 4.90 Å². The van der Waals surface area contributed by atoms with Crippen molar-refractivity contribution in [3.8, 4) is 21.7 Å². The molecular weight excluding hydrogens is 543 g/mol. The van der Waals surface area contributed by atoms with E-state index in [4.69, 9.17) is 4.98 Å². The van der Waals surface area contributed by atoms with Crippen LogP contribution in [0.2, 0.25) is 0 Å². The number of aromatic nitrogens is 2. The highest BCUT2D eigenvalue weighted by Gasteiger charge is 2.19. The Kier molecular flexibility index (Phi) is 8.12. The molecule has 1 unspecified atom stereocenters. The van der Waals surface area contributed by atoms with Crippen LogP contribution >= 0.6 is 22.7 Å². The lowest BCUT2D eigenvalue weighted by molar-refractivity contribution is 0.650. The van der Waals surface area contributed by atoms with Crippen LogP contribution in [0.3, 0.4) is 0 Å². The maximum absolute atomic E-state index is 13.6. The van der Waals surface area contributed by atoms with Gasteiger partial charge in [0.1, 0.15) is 9.67 Å². The lowest BCUT2D eigenvalue weighted by Gasteiger charge is -2.29. The molecular formula is C35H33N3OS2. The molecule has 0 fully saturated rings. The first kappa shape index (κ1) is 27.2. The monoisotopic (exact) mass is 575 g/mol. The van der Waals surface area contributed by atoms with E-state index in [9.17, 15) is 4.79 Å². The van der Waals surface area contributed by atoms with Crippen LogP contribution in [0, 0.1) is 0 Å². The third-order valence-corrected chi connectivity index (χ3v) is 9.56. The van der Waals surface area contributed by atoms with Crippen molar-refractivity contribution < 1.29 is 0 Å². The molecule has 0 amide bonds. The highest BCUT2D eigenvalue weighted by Crippen LogP contribution is 2.37. The van der Waals surface area contributed by atoms with Crippen LogP contribution in [-0.4, -0.2) is 16.1 Å². The molecule has 0 bridgehead atoms. The standard InChI is InChI=1S/C35H33N3OS2/c1-3-22-38-32(24-31-36-33(26-13-7-5-8-14-26)34(41-31)27-15-9-6-10-16-27)40-30(35(38)39)20-19-25-21-23-37(4-2)29-18-12-11-17-28(25)29/h5-18,20-21,23-25H,3-4,19,22H2,1-2H3. The lowest BCUT2D eigenvalue weighted by Crippen LogP contribution is -2.31. The van der Waals surface area contributed by atoms with Crippen LogP contribution in [0.5, 0.6) is 0 Å². The Balaban J connectivity index is 1.41. The zero-order valence-corrected chi connectivity index (χ0v) is 25.0. The summed E-state index contributed by atoms with van der Waals surface area (Å²) >= 11 is 3.25. The number of hydrogen-bond acceptors (Lipinski definition) is 5. The van der Waals surface area contributed by atoms with Crippen LogP contribution in [0.4, 0.5) is 5.69 Å². The molecule has 0 aliphatic carbocycles. The molecule has 1 atom stereocenters. The number of para-hydroxylation sites is 1. The molecule has 41 heavy (non-hydrogen) atoms. The molecule has 1 aliphatic rings. The second-order valence-corrected chi connectivity index (χ2v) is 12.2. The summed E-state index contributed by atoms with van der Waals surface area (Å²) in [5.74, 6) is 0.253. The van der Waals surface area contributed by atoms with Gasteiger partial charge in [-0.25, -0.2) is 4.98 Å². The summed E-state index contributed by atoms with van der Waals surface area (Å²) in [7, 11) is 0. The van der Waals surface area contributed by atoms with E-state index in [-0.39, 0.29) is 11.5 Å². The van der Waals surface area contributed by atoms with Crippen LogP contribution in [0.25, 0.3) is 33.9 Å². The number of allylic oxidation sites excluding steroid dienone is 1. The van der Waals surface area contributed by atoms with E-state index in [1.807, 2.05) is 28.8 Å². The molecule has 6 heteroatoms. The highest BCUT2D eigenvalue weighted by atomic mass is 32.1. The van der Waals surface area contributed by atoms with Crippen molar-refractivity contribution in [1.29, 1.82) is 0 Å². The van der Waals surface area contributed by atoms with Gasteiger partial charge in [-0.1, -0.05) is 97.9 Å². The third kappa shape index (κ3) is 5.63. The Labute approximate surface area is 248 Å². The smallest absolute Gasteiger partial charge is 0.268 e. The summed E-state index contributed by atoms with van der Waals surface area (Å²) in [4.78, 5) is 22.1. The minimum absolute atomic E-state index is 0.0921. The van der Waals surface area contributed by atoms with Crippen molar-refractivity contribution >= 4 is 40.5 Å². The molecule has 5 aromatic rings. The maximum atomic E-state index is 13.6. The minimum Gasteiger partial charge on any atom is -0.348 e. The zero-order chi connectivity index (χ0) is 28.2. The van der Waals surface area contributed by atoms with Crippen molar-refractivity contribution in [2.45, 2.75) is 39.2 Å². The zero-order valence-electron chi connectivity index (χ0n) is 23.4. The lowest BCUT2D eigenvalue weighted by atomic mass is 9.91. The first-order valence-corrected chi connectivity index (χ1v) is 15.9. The van der Waals surface area contributed by atoms with Crippen molar-refractivity contribution in [2.24, 2.45) is 0 Å². The van der Waals surface area contributed by atoms with E-state index in [1.165, 1.54) is 11.3 Å². The average Bonchev–Trinajstić information content (AvgIpc) is 3.58. The first-order valence-electron chi connectivity index (χ1n) is 14.2. The predicted octanol–water partition coefficient (Wildman–Crippen LogP) is 7.25. The number of fused-ring (bicyclic) bond motifs is 1. The van der Waals surface area contributed by atoms with Crippen molar-refractivity contribution in [2.75, 3.05) is 11.4 Å². The van der Waals surface area contributed by atoms with Gasteiger partial charge in [0, 0.05) is 42.5 Å². The van der Waals surface area contributed by atoms with Gasteiger partial charge in [0.2, 0.25) is 0 Å². The van der Waals surface area contributed by atoms with E-state index < -0.39 is 0 Å². The van der Waals surface area contributed by atoms with E-state index in [0.29, 0.717) is 6.54 Å². The summed E-state index contributed by atoms with van der Waals surface area (Å²) in [6.07, 6.45) is 10.4. The van der Waals surface area contributed by atoms with Crippen molar-refractivity contribution in [3.05, 3.63) is 127 Å². The topological polar surface area (TPSA) is 38.1 Å². The van der Waals surface area contributed by atoms with E-state index in [1.54, 1.807) is 22.7 Å². The van der Waals surface area contributed by atoms with Crippen LogP contribution < -0.4 is 19.7 Å². The summed E-state index contributed by atoms with van der Waals surface area (Å²) in [5, 5.41) is 0.907. The van der Waals surface area contributed by atoms with E-state index in [0.717, 1.165) is 55.3 Å². The molecule has 0 spiro atoms. The number of hydrogen-bond donors (Lipinski definition) is 0. The third-order valence-electron chi connectivity index (χ3n) is 7.40. The quantitative estimate of drug-likeness (QED) is 0.196. The normalized spacial score (nSPS) is 15.5. The molecule has 0 saturated heterocycles. The average molecular weight is 576 g/mol. The fraction of sp³-hybridized carbons (Fsp3) is 0.200. The van der Waals surface area contributed by atoms with Gasteiger partial charge in [-0.15, -0.1) is 22.7 Å². The second kappa shape index (κ2) is 12.2. The summed E-state index contributed by atoms with van der Waals surface area (Å²) in [6.45, 7) is 5.91. The van der Waals surface area contributed by atoms with Gasteiger partial charge in [-0.2, -0.15) is 0 Å². The Morgan fingerprint density at radius 2 is 1.59 bits per heavy atom. The largest absolute Gasteiger partial charge is 0.348 e. The predicted molar refractivity (Wildman–Crippen MR) is 175 cm³/mol. The van der Waals surface area contributed by atoms with Gasteiger partial charge in [0.05, 0.1) is 15.1 Å². The Bertz CT molecular complexity index is 1790. The summed E-state index contributed by atoms with van der Waals surface area (Å²) in [6, 6.07) is 29.3. The molecule has 2 aromatic heterocycles. The molecule has 0 N–H and O–H groups in total. The molecule has 1 aliphatic heterocycles. The number of anilines is 1. The minimum atomic E-state index is 0.0921. The van der Waals surface area contributed by atoms with Gasteiger partial charge in [-0.05, 0) is 37.0 Å². The SMILES string of the molecule is CCCn1c(=Cc2nc(-c3ccccc3)c(-c3ccccc3)s2)sc(=CCC2C=CN(CC)c3ccccc32)c1=O.